The molecule has 0 spiro atoms. The van der Waals surface area contributed by atoms with Crippen LogP contribution in [0.3, 0.4) is 0 Å². The summed E-state index contributed by atoms with van der Waals surface area (Å²) < 4.78 is 6.40. The van der Waals surface area contributed by atoms with Crippen LogP contribution in [0.1, 0.15) is 25.5 Å². The third-order valence-electron chi connectivity index (χ3n) is 3.04. The van der Waals surface area contributed by atoms with E-state index in [1.807, 2.05) is 12.1 Å². The highest BCUT2D eigenvalue weighted by Gasteiger charge is 2.36. The van der Waals surface area contributed by atoms with Crippen LogP contribution >= 0.6 is 15.9 Å². The third kappa shape index (κ3) is 1.71. The van der Waals surface area contributed by atoms with Gasteiger partial charge < -0.3 is 4.74 Å². The zero-order chi connectivity index (χ0) is 10.0. The molecule has 2 rings (SSSR count). The molecule has 0 bridgehead atoms. The van der Waals surface area contributed by atoms with E-state index in [4.69, 9.17) is 4.74 Å². The van der Waals surface area contributed by atoms with Gasteiger partial charge in [-0.3, -0.25) is 0 Å². The standard InChI is InChI=1S/C11H14BrNO/c1-2-11(6-7-14-8-11)9-4-3-5-10(12)13-9/h3-5H,2,6-8H2,1H3/t11-/m1/s1. The maximum atomic E-state index is 5.49. The summed E-state index contributed by atoms with van der Waals surface area (Å²) in [5, 5.41) is 0. The molecule has 2 heterocycles. The van der Waals surface area contributed by atoms with Crippen LogP contribution in [0.4, 0.5) is 0 Å². The lowest BCUT2D eigenvalue weighted by Crippen LogP contribution is -2.26. The second-order valence-corrected chi connectivity index (χ2v) is 4.59. The van der Waals surface area contributed by atoms with E-state index in [1.165, 1.54) is 0 Å². The van der Waals surface area contributed by atoms with Gasteiger partial charge >= 0.3 is 0 Å². The molecule has 0 amide bonds. The minimum absolute atomic E-state index is 0.157. The van der Waals surface area contributed by atoms with E-state index in [1.54, 1.807) is 0 Å². The highest BCUT2D eigenvalue weighted by molar-refractivity contribution is 9.10. The maximum absolute atomic E-state index is 5.49. The summed E-state index contributed by atoms with van der Waals surface area (Å²) in [5.41, 5.74) is 1.32. The Hall–Kier alpha value is -0.410. The summed E-state index contributed by atoms with van der Waals surface area (Å²) in [7, 11) is 0. The second kappa shape index (κ2) is 3.99. The van der Waals surface area contributed by atoms with E-state index < -0.39 is 0 Å². The lowest BCUT2D eigenvalue weighted by molar-refractivity contribution is 0.174. The van der Waals surface area contributed by atoms with Gasteiger partial charge in [-0.25, -0.2) is 4.98 Å². The Balaban J connectivity index is 2.35. The normalized spacial score (nSPS) is 26.7. The molecule has 0 unspecified atom stereocenters. The molecule has 3 heteroatoms. The number of ether oxygens (including phenoxy) is 1. The lowest BCUT2D eigenvalue weighted by atomic mass is 9.81. The van der Waals surface area contributed by atoms with E-state index in [2.05, 4.69) is 33.9 Å². The fraction of sp³-hybridized carbons (Fsp3) is 0.545. The van der Waals surface area contributed by atoms with Crippen LogP contribution in [0, 0.1) is 0 Å². The van der Waals surface area contributed by atoms with E-state index >= 15 is 0 Å². The first-order valence-electron chi connectivity index (χ1n) is 4.98. The summed E-state index contributed by atoms with van der Waals surface area (Å²) in [5.74, 6) is 0. The van der Waals surface area contributed by atoms with Gasteiger partial charge in [-0.2, -0.15) is 0 Å². The van der Waals surface area contributed by atoms with E-state index in [0.29, 0.717) is 0 Å². The summed E-state index contributed by atoms with van der Waals surface area (Å²) in [6.45, 7) is 3.88. The number of pyridine rings is 1. The van der Waals surface area contributed by atoms with Crippen molar-refractivity contribution in [3.63, 3.8) is 0 Å². The van der Waals surface area contributed by atoms with Gasteiger partial charge in [0, 0.05) is 12.0 Å². The van der Waals surface area contributed by atoms with Gasteiger partial charge in [-0.15, -0.1) is 0 Å². The minimum atomic E-state index is 0.157. The molecular formula is C11H14BrNO. The van der Waals surface area contributed by atoms with Crippen LogP contribution < -0.4 is 0 Å². The van der Waals surface area contributed by atoms with E-state index in [9.17, 15) is 0 Å². The number of rotatable bonds is 2. The predicted molar refractivity (Wildman–Crippen MR) is 59.3 cm³/mol. The van der Waals surface area contributed by atoms with Crippen LogP contribution in [0.25, 0.3) is 0 Å². The first-order chi connectivity index (χ1) is 6.77. The number of hydrogen-bond donors (Lipinski definition) is 0. The van der Waals surface area contributed by atoms with Gasteiger partial charge in [0.15, 0.2) is 0 Å². The monoisotopic (exact) mass is 255 g/mol. The fourth-order valence-corrected chi connectivity index (χ4v) is 2.32. The van der Waals surface area contributed by atoms with Crippen LogP contribution in [0.5, 0.6) is 0 Å². The Morgan fingerprint density at radius 2 is 2.43 bits per heavy atom. The van der Waals surface area contributed by atoms with Crippen molar-refractivity contribution in [2.45, 2.75) is 25.2 Å². The molecule has 0 saturated carbocycles. The van der Waals surface area contributed by atoms with Crippen LogP contribution in [-0.4, -0.2) is 18.2 Å². The van der Waals surface area contributed by atoms with Crippen LogP contribution in [-0.2, 0) is 10.2 Å². The van der Waals surface area contributed by atoms with Gasteiger partial charge in [0.1, 0.15) is 4.60 Å². The summed E-state index contributed by atoms with van der Waals surface area (Å²) in [6, 6.07) is 6.10. The fourth-order valence-electron chi connectivity index (χ4n) is 1.97. The Bertz CT molecular complexity index is 321. The molecule has 1 aromatic rings. The van der Waals surface area contributed by atoms with Crippen molar-refractivity contribution in [2.75, 3.05) is 13.2 Å². The molecule has 1 aromatic heterocycles. The van der Waals surface area contributed by atoms with Gasteiger partial charge in [0.25, 0.3) is 0 Å². The van der Waals surface area contributed by atoms with Crippen molar-refractivity contribution in [1.82, 2.24) is 4.98 Å². The molecule has 0 radical (unpaired) electrons. The molecule has 76 valence electrons. The number of hydrogen-bond acceptors (Lipinski definition) is 2. The molecule has 1 aliphatic heterocycles. The van der Waals surface area contributed by atoms with E-state index in [0.717, 1.165) is 36.4 Å². The molecule has 1 atom stereocenters. The molecule has 1 aliphatic rings. The first kappa shape index (κ1) is 10.1. The maximum Gasteiger partial charge on any atom is 0.106 e. The average molecular weight is 256 g/mol. The van der Waals surface area contributed by atoms with Crippen molar-refractivity contribution >= 4 is 15.9 Å². The molecule has 1 fully saturated rings. The SMILES string of the molecule is CC[C@@]1(c2cccc(Br)n2)CCOC1. The van der Waals surface area contributed by atoms with Gasteiger partial charge in [0.2, 0.25) is 0 Å². The van der Waals surface area contributed by atoms with Crippen LogP contribution in [0.15, 0.2) is 22.8 Å². The Kier molecular flexibility index (Phi) is 2.88. The van der Waals surface area contributed by atoms with Gasteiger partial charge in [-0.1, -0.05) is 13.0 Å². The van der Waals surface area contributed by atoms with Gasteiger partial charge in [0.05, 0.1) is 12.3 Å². The molecule has 14 heavy (non-hydrogen) atoms. The van der Waals surface area contributed by atoms with Gasteiger partial charge in [-0.05, 0) is 40.9 Å². The summed E-state index contributed by atoms with van der Waals surface area (Å²) in [6.07, 6.45) is 2.18. The highest BCUT2D eigenvalue weighted by Crippen LogP contribution is 2.35. The molecule has 0 aromatic carbocycles. The number of halogens is 1. The largest absolute Gasteiger partial charge is 0.380 e. The smallest absolute Gasteiger partial charge is 0.106 e. The molecule has 0 aliphatic carbocycles. The summed E-state index contributed by atoms with van der Waals surface area (Å²) in [4.78, 5) is 4.53. The van der Waals surface area contributed by atoms with Crippen molar-refractivity contribution in [1.29, 1.82) is 0 Å². The molecule has 0 N–H and O–H groups in total. The van der Waals surface area contributed by atoms with Crippen molar-refractivity contribution in [2.24, 2.45) is 0 Å². The Labute approximate surface area is 92.8 Å². The zero-order valence-electron chi connectivity index (χ0n) is 8.29. The zero-order valence-corrected chi connectivity index (χ0v) is 9.88. The lowest BCUT2D eigenvalue weighted by Gasteiger charge is -2.24. The van der Waals surface area contributed by atoms with E-state index in [-0.39, 0.29) is 5.41 Å². The predicted octanol–water partition coefficient (Wildman–Crippen LogP) is 2.91. The quantitative estimate of drug-likeness (QED) is 0.759. The minimum Gasteiger partial charge on any atom is -0.380 e. The van der Waals surface area contributed by atoms with Crippen molar-refractivity contribution < 1.29 is 4.74 Å². The Morgan fingerprint density at radius 1 is 1.57 bits per heavy atom. The van der Waals surface area contributed by atoms with Crippen molar-refractivity contribution in [3.8, 4) is 0 Å². The number of aromatic nitrogens is 1. The van der Waals surface area contributed by atoms with Crippen molar-refractivity contribution in [3.05, 3.63) is 28.5 Å². The molecule has 1 saturated heterocycles. The first-order valence-corrected chi connectivity index (χ1v) is 5.77. The Morgan fingerprint density at radius 3 is 3.00 bits per heavy atom. The average Bonchev–Trinajstić information content (AvgIpc) is 2.67. The molecular weight excluding hydrogens is 242 g/mol. The number of nitrogens with zero attached hydrogens (tertiary/aromatic N) is 1. The van der Waals surface area contributed by atoms with Crippen LogP contribution in [0.2, 0.25) is 0 Å². The topological polar surface area (TPSA) is 22.1 Å². The second-order valence-electron chi connectivity index (χ2n) is 3.78. The molecule has 2 nitrogen and oxygen atoms in total. The summed E-state index contributed by atoms with van der Waals surface area (Å²) >= 11 is 3.41. The highest BCUT2D eigenvalue weighted by atomic mass is 79.9. The third-order valence-corrected chi connectivity index (χ3v) is 3.48.